The Kier molecular flexibility index (Phi) is 6.23. The minimum Gasteiger partial charge on any atom is -0.368 e. The SMILES string of the molecule is CC1CC(NC(=O)C2CCCCO2)CCN1.Cl. The number of halogens is 1. The Bertz CT molecular complexity index is 245. The highest BCUT2D eigenvalue weighted by Gasteiger charge is 2.26. The lowest BCUT2D eigenvalue weighted by molar-refractivity contribution is -0.136. The fraction of sp³-hybridized carbons (Fsp3) is 0.917. The van der Waals surface area contributed by atoms with Gasteiger partial charge in [0.25, 0.3) is 0 Å². The lowest BCUT2D eigenvalue weighted by Gasteiger charge is -2.30. The van der Waals surface area contributed by atoms with Crippen LogP contribution in [0.4, 0.5) is 0 Å². The lowest BCUT2D eigenvalue weighted by Crippen LogP contribution is -2.49. The van der Waals surface area contributed by atoms with Gasteiger partial charge in [0.05, 0.1) is 0 Å². The largest absolute Gasteiger partial charge is 0.368 e. The number of hydrogen-bond donors (Lipinski definition) is 2. The Morgan fingerprint density at radius 3 is 2.82 bits per heavy atom. The normalized spacial score (nSPS) is 33.6. The number of piperidine rings is 1. The molecule has 2 aliphatic heterocycles. The van der Waals surface area contributed by atoms with E-state index < -0.39 is 0 Å². The molecule has 100 valence electrons. The third kappa shape index (κ3) is 4.45. The van der Waals surface area contributed by atoms with Crippen LogP contribution in [0.25, 0.3) is 0 Å². The molecule has 0 aromatic heterocycles. The summed E-state index contributed by atoms with van der Waals surface area (Å²) in [6.45, 7) is 3.90. The predicted octanol–water partition coefficient (Wildman–Crippen LogP) is 1.23. The van der Waals surface area contributed by atoms with Crippen LogP contribution in [0.5, 0.6) is 0 Å². The first-order valence-electron chi connectivity index (χ1n) is 6.41. The highest BCUT2D eigenvalue weighted by atomic mass is 35.5. The second-order valence-electron chi connectivity index (χ2n) is 4.94. The average Bonchev–Trinajstić information content (AvgIpc) is 2.30. The standard InChI is InChI=1S/C12H22N2O2.ClH/c1-9-8-10(5-6-13-9)14-12(15)11-4-2-3-7-16-11;/h9-11,13H,2-8H2,1H3,(H,14,15);1H. The van der Waals surface area contributed by atoms with Gasteiger partial charge in [-0.05, 0) is 45.6 Å². The molecule has 0 saturated carbocycles. The summed E-state index contributed by atoms with van der Waals surface area (Å²) < 4.78 is 5.48. The zero-order valence-electron chi connectivity index (χ0n) is 10.4. The molecule has 2 aliphatic rings. The van der Waals surface area contributed by atoms with Gasteiger partial charge >= 0.3 is 0 Å². The summed E-state index contributed by atoms with van der Waals surface area (Å²) in [5.74, 6) is 0.0961. The maximum atomic E-state index is 11.9. The summed E-state index contributed by atoms with van der Waals surface area (Å²) in [6, 6.07) is 0.834. The number of carbonyl (C=O) groups excluding carboxylic acids is 1. The summed E-state index contributed by atoms with van der Waals surface area (Å²) in [7, 11) is 0. The molecule has 17 heavy (non-hydrogen) atoms. The average molecular weight is 263 g/mol. The Hall–Kier alpha value is -0.320. The molecule has 2 fully saturated rings. The molecule has 0 bridgehead atoms. The monoisotopic (exact) mass is 262 g/mol. The zero-order valence-corrected chi connectivity index (χ0v) is 11.2. The van der Waals surface area contributed by atoms with Gasteiger partial charge in [0.1, 0.15) is 6.10 Å². The summed E-state index contributed by atoms with van der Waals surface area (Å²) >= 11 is 0. The quantitative estimate of drug-likeness (QED) is 0.787. The van der Waals surface area contributed by atoms with Gasteiger partial charge in [0.15, 0.2) is 0 Å². The molecule has 5 heteroatoms. The molecular formula is C12H23ClN2O2. The van der Waals surface area contributed by atoms with Gasteiger partial charge in [0.2, 0.25) is 5.91 Å². The van der Waals surface area contributed by atoms with Crippen LogP contribution in [-0.4, -0.2) is 37.2 Å². The van der Waals surface area contributed by atoms with Crippen LogP contribution in [0.1, 0.15) is 39.0 Å². The van der Waals surface area contributed by atoms with Crippen molar-refractivity contribution in [2.45, 2.75) is 57.2 Å². The second kappa shape index (κ2) is 7.19. The lowest BCUT2D eigenvalue weighted by atomic mass is 10.00. The van der Waals surface area contributed by atoms with E-state index >= 15 is 0 Å². The van der Waals surface area contributed by atoms with Crippen molar-refractivity contribution in [2.75, 3.05) is 13.2 Å². The van der Waals surface area contributed by atoms with Crippen LogP contribution in [0.3, 0.4) is 0 Å². The van der Waals surface area contributed by atoms with Crippen molar-refractivity contribution < 1.29 is 9.53 Å². The van der Waals surface area contributed by atoms with Crippen LogP contribution < -0.4 is 10.6 Å². The molecule has 2 N–H and O–H groups in total. The van der Waals surface area contributed by atoms with Crippen LogP contribution in [0, 0.1) is 0 Å². The van der Waals surface area contributed by atoms with Crippen molar-refractivity contribution in [2.24, 2.45) is 0 Å². The second-order valence-corrected chi connectivity index (χ2v) is 4.94. The van der Waals surface area contributed by atoms with Gasteiger partial charge in [-0.15, -0.1) is 12.4 Å². The molecular weight excluding hydrogens is 240 g/mol. The van der Waals surface area contributed by atoms with Crippen molar-refractivity contribution in [1.29, 1.82) is 0 Å². The maximum Gasteiger partial charge on any atom is 0.249 e. The molecule has 0 aliphatic carbocycles. The van der Waals surface area contributed by atoms with E-state index in [1.54, 1.807) is 0 Å². The minimum atomic E-state index is -0.195. The van der Waals surface area contributed by atoms with Crippen molar-refractivity contribution >= 4 is 18.3 Å². The molecule has 2 heterocycles. The fourth-order valence-corrected chi connectivity index (χ4v) is 2.50. The molecule has 0 radical (unpaired) electrons. The first-order chi connectivity index (χ1) is 7.75. The van der Waals surface area contributed by atoms with E-state index in [1.807, 2.05) is 0 Å². The molecule has 3 atom stereocenters. The number of rotatable bonds is 2. The van der Waals surface area contributed by atoms with E-state index in [2.05, 4.69) is 17.6 Å². The summed E-state index contributed by atoms with van der Waals surface area (Å²) in [5, 5.41) is 6.50. The van der Waals surface area contributed by atoms with E-state index in [9.17, 15) is 4.79 Å². The van der Waals surface area contributed by atoms with Gasteiger partial charge in [-0.2, -0.15) is 0 Å². The van der Waals surface area contributed by atoms with Crippen LogP contribution in [-0.2, 0) is 9.53 Å². The van der Waals surface area contributed by atoms with Gasteiger partial charge in [0, 0.05) is 18.7 Å². The van der Waals surface area contributed by atoms with E-state index in [0.29, 0.717) is 12.1 Å². The predicted molar refractivity (Wildman–Crippen MR) is 69.5 cm³/mol. The summed E-state index contributed by atoms with van der Waals surface area (Å²) in [6.07, 6.45) is 4.95. The summed E-state index contributed by atoms with van der Waals surface area (Å²) in [5.41, 5.74) is 0. The van der Waals surface area contributed by atoms with Gasteiger partial charge in [-0.25, -0.2) is 0 Å². The van der Waals surface area contributed by atoms with E-state index in [-0.39, 0.29) is 24.4 Å². The number of ether oxygens (including phenoxy) is 1. The van der Waals surface area contributed by atoms with Crippen LogP contribution in [0.15, 0.2) is 0 Å². The van der Waals surface area contributed by atoms with Crippen LogP contribution in [0.2, 0.25) is 0 Å². The van der Waals surface area contributed by atoms with Crippen molar-refractivity contribution in [3.63, 3.8) is 0 Å². The molecule has 4 nitrogen and oxygen atoms in total. The molecule has 3 unspecified atom stereocenters. The number of nitrogens with one attached hydrogen (secondary N) is 2. The van der Waals surface area contributed by atoms with Crippen molar-refractivity contribution in [3.8, 4) is 0 Å². The fourth-order valence-electron chi connectivity index (χ4n) is 2.50. The first kappa shape index (κ1) is 14.7. The van der Waals surface area contributed by atoms with Crippen LogP contribution >= 0.6 is 12.4 Å². The van der Waals surface area contributed by atoms with Crippen molar-refractivity contribution in [1.82, 2.24) is 10.6 Å². The van der Waals surface area contributed by atoms with E-state index in [0.717, 1.165) is 45.3 Å². The molecule has 2 saturated heterocycles. The minimum absolute atomic E-state index is 0. The number of amides is 1. The smallest absolute Gasteiger partial charge is 0.249 e. The number of hydrogen-bond acceptors (Lipinski definition) is 3. The Morgan fingerprint density at radius 1 is 1.35 bits per heavy atom. The molecule has 1 amide bonds. The first-order valence-corrected chi connectivity index (χ1v) is 6.41. The number of carbonyl (C=O) groups is 1. The highest BCUT2D eigenvalue weighted by molar-refractivity contribution is 5.85. The maximum absolute atomic E-state index is 11.9. The molecule has 0 spiro atoms. The molecule has 0 aromatic carbocycles. The zero-order chi connectivity index (χ0) is 11.4. The van der Waals surface area contributed by atoms with Gasteiger partial charge < -0.3 is 15.4 Å². The van der Waals surface area contributed by atoms with Gasteiger partial charge in [-0.1, -0.05) is 0 Å². The van der Waals surface area contributed by atoms with E-state index in [4.69, 9.17) is 4.74 Å². The summed E-state index contributed by atoms with van der Waals surface area (Å²) in [4.78, 5) is 11.9. The molecule has 2 rings (SSSR count). The Morgan fingerprint density at radius 2 is 2.18 bits per heavy atom. The van der Waals surface area contributed by atoms with E-state index in [1.165, 1.54) is 0 Å². The third-order valence-corrected chi connectivity index (χ3v) is 3.44. The molecule has 0 aromatic rings. The Labute approximate surface area is 109 Å². The van der Waals surface area contributed by atoms with Gasteiger partial charge in [-0.3, -0.25) is 4.79 Å². The topological polar surface area (TPSA) is 50.4 Å². The highest BCUT2D eigenvalue weighted by Crippen LogP contribution is 2.14. The van der Waals surface area contributed by atoms with Crippen molar-refractivity contribution in [3.05, 3.63) is 0 Å². The Balaban J connectivity index is 0.00000144. The third-order valence-electron chi connectivity index (χ3n) is 3.44.